The third-order valence-electron chi connectivity index (χ3n) is 3.65. The Kier molecular flexibility index (Phi) is 4.24. The molecule has 0 spiro atoms. The molecule has 0 radical (unpaired) electrons. The van der Waals surface area contributed by atoms with Crippen LogP contribution in [0.5, 0.6) is 0 Å². The standard InChI is InChI=1S/C14H21N3O2/c1-3-5-12-11(2)13(18)14(19)17(12)8-4-7-16-9-6-15-10-16/h6,9-10,12,18H,3-5,7-8H2,1-2H3. The smallest absolute Gasteiger partial charge is 0.289 e. The summed E-state index contributed by atoms with van der Waals surface area (Å²) >= 11 is 0. The molecule has 2 heterocycles. The van der Waals surface area contributed by atoms with E-state index in [1.54, 1.807) is 17.4 Å². The first kappa shape index (κ1) is 13.6. The first-order valence-electron chi connectivity index (χ1n) is 6.81. The summed E-state index contributed by atoms with van der Waals surface area (Å²) in [5.41, 5.74) is 0.814. The fraction of sp³-hybridized carbons (Fsp3) is 0.571. The average Bonchev–Trinajstić information content (AvgIpc) is 2.98. The molecule has 5 nitrogen and oxygen atoms in total. The summed E-state index contributed by atoms with van der Waals surface area (Å²) in [4.78, 5) is 17.8. The minimum absolute atomic E-state index is 0.0546. The Morgan fingerprint density at radius 2 is 2.21 bits per heavy atom. The summed E-state index contributed by atoms with van der Waals surface area (Å²) in [6.45, 7) is 5.45. The van der Waals surface area contributed by atoms with Gasteiger partial charge in [0.2, 0.25) is 0 Å². The topological polar surface area (TPSA) is 58.4 Å². The molecule has 0 aliphatic carbocycles. The van der Waals surface area contributed by atoms with Gasteiger partial charge in [-0.15, -0.1) is 0 Å². The van der Waals surface area contributed by atoms with Crippen molar-refractivity contribution < 1.29 is 9.90 Å². The van der Waals surface area contributed by atoms with Crippen molar-refractivity contribution >= 4 is 5.91 Å². The molecule has 0 fully saturated rings. The van der Waals surface area contributed by atoms with Gasteiger partial charge in [-0.3, -0.25) is 4.79 Å². The molecule has 0 bridgehead atoms. The lowest BCUT2D eigenvalue weighted by Gasteiger charge is -2.25. The lowest BCUT2D eigenvalue weighted by atomic mass is 10.1. The number of aryl methyl sites for hydroxylation is 1. The van der Waals surface area contributed by atoms with Crippen molar-refractivity contribution in [3.8, 4) is 0 Å². The first-order chi connectivity index (χ1) is 9.15. The molecular formula is C14H21N3O2. The zero-order chi connectivity index (χ0) is 13.8. The summed E-state index contributed by atoms with van der Waals surface area (Å²) in [6.07, 6.45) is 8.21. The highest BCUT2D eigenvalue weighted by Gasteiger charge is 2.35. The number of hydrogen-bond donors (Lipinski definition) is 1. The van der Waals surface area contributed by atoms with Crippen molar-refractivity contribution in [2.45, 2.75) is 45.7 Å². The van der Waals surface area contributed by atoms with E-state index in [0.717, 1.165) is 31.4 Å². The summed E-state index contributed by atoms with van der Waals surface area (Å²) in [6, 6.07) is 0.0697. The van der Waals surface area contributed by atoms with E-state index in [1.165, 1.54) is 0 Å². The minimum atomic E-state index is -0.221. The van der Waals surface area contributed by atoms with Gasteiger partial charge in [0.15, 0.2) is 5.76 Å². The molecule has 1 N–H and O–H groups in total. The highest BCUT2D eigenvalue weighted by Crippen LogP contribution is 2.27. The van der Waals surface area contributed by atoms with Crippen LogP contribution in [0.25, 0.3) is 0 Å². The van der Waals surface area contributed by atoms with Crippen LogP contribution in [0, 0.1) is 0 Å². The molecule has 0 saturated heterocycles. The van der Waals surface area contributed by atoms with Crippen molar-refractivity contribution in [2.75, 3.05) is 6.54 Å². The van der Waals surface area contributed by atoms with E-state index in [2.05, 4.69) is 11.9 Å². The number of nitrogens with zero attached hydrogens (tertiary/aromatic N) is 3. The van der Waals surface area contributed by atoms with Crippen LogP contribution in [0.1, 0.15) is 33.1 Å². The van der Waals surface area contributed by atoms with Gasteiger partial charge in [-0.2, -0.15) is 0 Å². The summed E-state index contributed by atoms with van der Waals surface area (Å²) in [5.74, 6) is -0.275. The molecule has 2 rings (SSSR count). The molecule has 5 heteroatoms. The van der Waals surface area contributed by atoms with Gasteiger partial charge < -0.3 is 14.6 Å². The number of aliphatic hydroxyl groups excluding tert-OH is 1. The normalized spacial score (nSPS) is 19.6. The van der Waals surface area contributed by atoms with E-state index < -0.39 is 0 Å². The highest BCUT2D eigenvalue weighted by atomic mass is 16.3. The number of hydrogen-bond acceptors (Lipinski definition) is 3. The van der Waals surface area contributed by atoms with Gasteiger partial charge in [0.25, 0.3) is 5.91 Å². The monoisotopic (exact) mass is 263 g/mol. The second-order valence-corrected chi connectivity index (χ2v) is 4.99. The number of aromatic nitrogens is 2. The lowest BCUT2D eigenvalue weighted by Crippen LogP contribution is -2.36. The van der Waals surface area contributed by atoms with E-state index in [9.17, 15) is 9.90 Å². The Morgan fingerprint density at radius 1 is 1.42 bits per heavy atom. The van der Waals surface area contributed by atoms with Crippen molar-refractivity contribution in [3.63, 3.8) is 0 Å². The highest BCUT2D eigenvalue weighted by molar-refractivity contribution is 5.95. The van der Waals surface area contributed by atoms with Crippen molar-refractivity contribution in [1.82, 2.24) is 14.5 Å². The van der Waals surface area contributed by atoms with E-state index in [0.29, 0.717) is 6.54 Å². The zero-order valence-corrected chi connectivity index (χ0v) is 11.5. The fourth-order valence-electron chi connectivity index (χ4n) is 2.58. The largest absolute Gasteiger partial charge is 0.503 e. The van der Waals surface area contributed by atoms with E-state index in [4.69, 9.17) is 0 Å². The molecule has 104 valence electrons. The third-order valence-corrected chi connectivity index (χ3v) is 3.65. The molecule has 1 atom stereocenters. The zero-order valence-electron chi connectivity index (χ0n) is 11.5. The number of rotatable bonds is 6. The van der Waals surface area contributed by atoms with Gasteiger partial charge in [0.1, 0.15) is 0 Å². The van der Waals surface area contributed by atoms with Gasteiger partial charge in [-0.25, -0.2) is 4.98 Å². The number of amides is 1. The molecular weight excluding hydrogens is 242 g/mol. The van der Waals surface area contributed by atoms with Gasteiger partial charge in [-0.05, 0) is 25.3 Å². The number of imidazole rings is 1. The van der Waals surface area contributed by atoms with Crippen LogP contribution in [0.15, 0.2) is 30.1 Å². The molecule has 1 aromatic rings. The fourth-order valence-corrected chi connectivity index (χ4v) is 2.58. The van der Waals surface area contributed by atoms with Gasteiger partial charge in [-0.1, -0.05) is 13.3 Å². The van der Waals surface area contributed by atoms with E-state index in [1.807, 2.05) is 17.7 Å². The second-order valence-electron chi connectivity index (χ2n) is 4.99. The molecule has 1 aromatic heterocycles. The van der Waals surface area contributed by atoms with E-state index >= 15 is 0 Å². The van der Waals surface area contributed by atoms with E-state index in [-0.39, 0.29) is 17.7 Å². The Hall–Kier alpha value is -1.78. The quantitative estimate of drug-likeness (QED) is 0.855. The predicted molar refractivity (Wildman–Crippen MR) is 72.6 cm³/mol. The molecule has 1 aliphatic heterocycles. The Balaban J connectivity index is 1.93. The van der Waals surface area contributed by atoms with Gasteiger partial charge in [0, 0.05) is 25.5 Å². The maximum absolute atomic E-state index is 12.0. The molecule has 0 aromatic carbocycles. The minimum Gasteiger partial charge on any atom is -0.503 e. The lowest BCUT2D eigenvalue weighted by molar-refractivity contribution is -0.129. The van der Waals surface area contributed by atoms with Crippen LogP contribution in [-0.4, -0.2) is 38.1 Å². The Labute approximate surface area is 113 Å². The second kappa shape index (κ2) is 5.91. The van der Waals surface area contributed by atoms with Crippen LogP contribution >= 0.6 is 0 Å². The number of carbonyl (C=O) groups excluding carboxylic acids is 1. The summed E-state index contributed by atoms with van der Waals surface area (Å²) < 4.78 is 2.00. The average molecular weight is 263 g/mol. The summed E-state index contributed by atoms with van der Waals surface area (Å²) in [5, 5.41) is 9.79. The van der Waals surface area contributed by atoms with Crippen LogP contribution in [0.2, 0.25) is 0 Å². The number of carbonyl (C=O) groups is 1. The van der Waals surface area contributed by atoms with Crippen molar-refractivity contribution in [3.05, 3.63) is 30.1 Å². The molecule has 1 unspecified atom stereocenters. The molecule has 19 heavy (non-hydrogen) atoms. The van der Waals surface area contributed by atoms with Crippen LogP contribution in [-0.2, 0) is 11.3 Å². The van der Waals surface area contributed by atoms with Crippen LogP contribution < -0.4 is 0 Å². The Bertz CT molecular complexity index is 465. The van der Waals surface area contributed by atoms with Gasteiger partial charge >= 0.3 is 0 Å². The molecule has 1 aliphatic rings. The van der Waals surface area contributed by atoms with Crippen molar-refractivity contribution in [1.29, 1.82) is 0 Å². The first-order valence-corrected chi connectivity index (χ1v) is 6.81. The van der Waals surface area contributed by atoms with Crippen LogP contribution in [0.4, 0.5) is 0 Å². The van der Waals surface area contributed by atoms with Gasteiger partial charge in [0.05, 0.1) is 12.4 Å². The SMILES string of the molecule is CCCC1C(C)=C(O)C(=O)N1CCCn1ccnc1. The summed E-state index contributed by atoms with van der Waals surface area (Å²) in [7, 11) is 0. The Morgan fingerprint density at radius 3 is 2.84 bits per heavy atom. The molecule has 1 amide bonds. The molecule has 0 saturated carbocycles. The maximum atomic E-state index is 12.0. The predicted octanol–water partition coefficient (Wildman–Crippen LogP) is 2.12. The van der Waals surface area contributed by atoms with Crippen molar-refractivity contribution in [2.24, 2.45) is 0 Å². The third kappa shape index (κ3) is 2.80. The maximum Gasteiger partial charge on any atom is 0.289 e. The van der Waals surface area contributed by atoms with Crippen LogP contribution in [0.3, 0.4) is 0 Å². The number of aliphatic hydroxyl groups is 1.